The highest BCUT2D eigenvalue weighted by atomic mass is 79.9. The Bertz CT molecular complexity index is 836. The Labute approximate surface area is 149 Å². The molecule has 0 saturated carbocycles. The third kappa shape index (κ3) is 4.80. The molecule has 1 amide bonds. The summed E-state index contributed by atoms with van der Waals surface area (Å²) in [4.78, 5) is 11.1. The number of hydrogen-bond donors (Lipinski definition) is 2. The molecule has 6 nitrogen and oxygen atoms in total. The molecule has 0 atom stereocenters. The molecule has 24 heavy (non-hydrogen) atoms. The van der Waals surface area contributed by atoms with Gasteiger partial charge in [0.2, 0.25) is 15.9 Å². The quantitative estimate of drug-likeness (QED) is 0.763. The number of halogens is 1. The second-order valence-electron chi connectivity index (χ2n) is 4.99. The average molecular weight is 413 g/mol. The van der Waals surface area contributed by atoms with E-state index in [0.717, 1.165) is 4.47 Å². The Hall–Kier alpha value is -1.90. The van der Waals surface area contributed by atoms with Crippen LogP contribution in [-0.2, 0) is 21.4 Å². The Morgan fingerprint density at radius 1 is 1.17 bits per heavy atom. The van der Waals surface area contributed by atoms with E-state index in [-0.39, 0.29) is 17.3 Å². The molecule has 0 aliphatic heterocycles. The second-order valence-corrected chi connectivity index (χ2v) is 7.67. The summed E-state index contributed by atoms with van der Waals surface area (Å²) in [6.45, 7) is 1.48. The summed E-state index contributed by atoms with van der Waals surface area (Å²) in [7, 11) is -2.15. The highest BCUT2D eigenvalue weighted by Crippen LogP contribution is 2.23. The van der Waals surface area contributed by atoms with Crippen LogP contribution in [0.2, 0.25) is 0 Å². The molecule has 0 aliphatic carbocycles. The Morgan fingerprint density at radius 2 is 1.83 bits per heavy atom. The Balaban J connectivity index is 2.14. The molecule has 2 aromatic rings. The van der Waals surface area contributed by atoms with Crippen molar-refractivity contribution in [2.45, 2.75) is 18.4 Å². The van der Waals surface area contributed by atoms with E-state index in [1.165, 1.54) is 38.3 Å². The van der Waals surface area contributed by atoms with Crippen molar-refractivity contribution in [3.05, 3.63) is 52.5 Å². The van der Waals surface area contributed by atoms with Gasteiger partial charge in [-0.05, 0) is 42.5 Å². The number of anilines is 1. The third-order valence-electron chi connectivity index (χ3n) is 3.18. The topological polar surface area (TPSA) is 84.5 Å². The minimum absolute atomic E-state index is 0.0956. The van der Waals surface area contributed by atoms with Crippen LogP contribution in [0.3, 0.4) is 0 Å². The molecule has 0 radical (unpaired) electrons. The van der Waals surface area contributed by atoms with Crippen LogP contribution in [0.1, 0.15) is 12.5 Å². The lowest BCUT2D eigenvalue weighted by molar-refractivity contribution is -0.114. The number of hydrogen-bond acceptors (Lipinski definition) is 4. The van der Waals surface area contributed by atoms with E-state index in [2.05, 4.69) is 26.0 Å². The fraction of sp³-hybridized carbons (Fsp3) is 0.188. The van der Waals surface area contributed by atoms with Crippen LogP contribution in [0, 0.1) is 0 Å². The van der Waals surface area contributed by atoms with Gasteiger partial charge in [-0.1, -0.05) is 15.9 Å². The highest BCUT2D eigenvalue weighted by molar-refractivity contribution is 9.10. The lowest BCUT2D eigenvalue weighted by atomic mass is 10.2. The number of nitrogens with one attached hydrogen (secondary N) is 2. The van der Waals surface area contributed by atoms with Gasteiger partial charge >= 0.3 is 0 Å². The monoisotopic (exact) mass is 412 g/mol. The zero-order valence-corrected chi connectivity index (χ0v) is 15.6. The molecule has 128 valence electrons. The number of rotatable bonds is 6. The predicted octanol–water partition coefficient (Wildman–Crippen LogP) is 2.89. The molecule has 2 aromatic carbocycles. The lowest BCUT2D eigenvalue weighted by Crippen LogP contribution is -2.23. The van der Waals surface area contributed by atoms with E-state index in [1.807, 2.05) is 6.07 Å². The molecular weight excluding hydrogens is 396 g/mol. The highest BCUT2D eigenvalue weighted by Gasteiger charge is 2.15. The maximum atomic E-state index is 12.4. The zero-order chi connectivity index (χ0) is 17.7. The van der Waals surface area contributed by atoms with Gasteiger partial charge in [0.25, 0.3) is 0 Å². The third-order valence-corrected chi connectivity index (χ3v) is 5.09. The van der Waals surface area contributed by atoms with Gasteiger partial charge in [-0.25, -0.2) is 13.1 Å². The van der Waals surface area contributed by atoms with Gasteiger partial charge in [0.1, 0.15) is 5.75 Å². The summed E-state index contributed by atoms with van der Waals surface area (Å²) in [6.07, 6.45) is 0. The Kier molecular flexibility index (Phi) is 5.98. The van der Waals surface area contributed by atoms with E-state index in [4.69, 9.17) is 4.74 Å². The number of ether oxygens (including phenoxy) is 1. The van der Waals surface area contributed by atoms with Crippen molar-refractivity contribution in [1.29, 1.82) is 0 Å². The molecule has 8 heteroatoms. The smallest absolute Gasteiger partial charge is 0.240 e. The number of benzene rings is 2. The molecule has 0 spiro atoms. The standard InChI is InChI=1S/C16H17BrN2O4S/c1-11(20)19-14-4-6-15(7-5-14)24(21,22)18-10-12-9-13(17)3-8-16(12)23-2/h3-9,18H,10H2,1-2H3,(H,19,20). The first kappa shape index (κ1) is 18.4. The molecule has 0 unspecified atom stereocenters. The summed E-state index contributed by atoms with van der Waals surface area (Å²) < 4.78 is 33.3. The summed E-state index contributed by atoms with van der Waals surface area (Å²) in [5, 5.41) is 2.59. The molecule has 2 N–H and O–H groups in total. The predicted molar refractivity (Wildman–Crippen MR) is 95.5 cm³/mol. The number of carbonyl (C=O) groups is 1. The van der Waals surface area contributed by atoms with E-state index in [9.17, 15) is 13.2 Å². The first-order valence-electron chi connectivity index (χ1n) is 7.01. The SMILES string of the molecule is COc1ccc(Br)cc1CNS(=O)(=O)c1ccc(NC(C)=O)cc1. The molecule has 0 fully saturated rings. The average Bonchev–Trinajstić information content (AvgIpc) is 2.53. The minimum Gasteiger partial charge on any atom is -0.496 e. The van der Waals surface area contributed by atoms with E-state index in [0.29, 0.717) is 17.0 Å². The number of sulfonamides is 1. The van der Waals surface area contributed by atoms with Crippen LogP contribution < -0.4 is 14.8 Å². The first-order valence-corrected chi connectivity index (χ1v) is 9.29. The van der Waals surface area contributed by atoms with E-state index in [1.54, 1.807) is 12.1 Å². The van der Waals surface area contributed by atoms with Crippen LogP contribution in [0.25, 0.3) is 0 Å². The van der Waals surface area contributed by atoms with Crippen molar-refractivity contribution in [3.63, 3.8) is 0 Å². The number of carbonyl (C=O) groups excluding carboxylic acids is 1. The maximum Gasteiger partial charge on any atom is 0.240 e. The van der Waals surface area contributed by atoms with Gasteiger partial charge in [-0.3, -0.25) is 4.79 Å². The van der Waals surface area contributed by atoms with Crippen LogP contribution in [-0.4, -0.2) is 21.4 Å². The van der Waals surface area contributed by atoms with Crippen molar-refractivity contribution in [1.82, 2.24) is 4.72 Å². The molecule has 2 rings (SSSR count). The normalized spacial score (nSPS) is 11.1. The lowest BCUT2D eigenvalue weighted by Gasteiger charge is -2.11. The van der Waals surface area contributed by atoms with Gasteiger partial charge in [0.15, 0.2) is 0 Å². The van der Waals surface area contributed by atoms with Crippen LogP contribution in [0.5, 0.6) is 5.75 Å². The van der Waals surface area contributed by atoms with Crippen molar-refractivity contribution in [2.24, 2.45) is 0 Å². The summed E-state index contributed by atoms with van der Waals surface area (Å²) in [6, 6.07) is 11.3. The van der Waals surface area contributed by atoms with Gasteiger partial charge in [0, 0.05) is 29.2 Å². The minimum atomic E-state index is -3.68. The van der Waals surface area contributed by atoms with Crippen molar-refractivity contribution in [3.8, 4) is 5.75 Å². The first-order chi connectivity index (χ1) is 11.3. The van der Waals surface area contributed by atoms with Crippen molar-refractivity contribution in [2.75, 3.05) is 12.4 Å². The second kappa shape index (κ2) is 7.78. The van der Waals surface area contributed by atoms with Gasteiger partial charge < -0.3 is 10.1 Å². The number of amides is 1. The molecule has 0 bridgehead atoms. The number of methoxy groups -OCH3 is 1. The molecule has 0 aliphatic rings. The summed E-state index contributed by atoms with van der Waals surface area (Å²) in [5.41, 5.74) is 1.25. The van der Waals surface area contributed by atoms with E-state index >= 15 is 0 Å². The van der Waals surface area contributed by atoms with Gasteiger partial charge in [-0.2, -0.15) is 0 Å². The van der Waals surface area contributed by atoms with Crippen LogP contribution in [0.15, 0.2) is 51.8 Å². The van der Waals surface area contributed by atoms with Crippen molar-refractivity contribution < 1.29 is 17.9 Å². The largest absolute Gasteiger partial charge is 0.496 e. The fourth-order valence-corrected chi connectivity index (χ4v) is 3.48. The van der Waals surface area contributed by atoms with Crippen LogP contribution in [0.4, 0.5) is 5.69 Å². The zero-order valence-electron chi connectivity index (χ0n) is 13.2. The summed E-state index contributed by atoms with van der Waals surface area (Å²) >= 11 is 3.35. The van der Waals surface area contributed by atoms with Crippen molar-refractivity contribution >= 4 is 37.5 Å². The fourth-order valence-electron chi connectivity index (χ4n) is 2.06. The Morgan fingerprint density at radius 3 is 2.42 bits per heavy atom. The summed E-state index contributed by atoms with van der Waals surface area (Å²) in [5.74, 6) is 0.382. The molecule has 0 aromatic heterocycles. The van der Waals surface area contributed by atoms with Crippen LogP contribution >= 0.6 is 15.9 Å². The van der Waals surface area contributed by atoms with E-state index < -0.39 is 10.0 Å². The maximum absolute atomic E-state index is 12.4. The molecule has 0 saturated heterocycles. The molecule has 0 heterocycles. The van der Waals surface area contributed by atoms with Gasteiger partial charge in [0.05, 0.1) is 12.0 Å². The van der Waals surface area contributed by atoms with Gasteiger partial charge in [-0.15, -0.1) is 0 Å². The molecular formula is C16H17BrN2O4S.